The minimum Gasteiger partial charge on any atom is -0.361 e. The third-order valence-corrected chi connectivity index (χ3v) is 1.48. The third-order valence-electron chi connectivity index (χ3n) is 1.48. The van der Waals surface area contributed by atoms with Crippen molar-refractivity contribution in [1.29, 1.82) is 5.26 Å². The van der Waals surface area contributed by atoms with Gasteiger partial charge in [0.05, 0.1) is 11.6 Å². The Balaban J connectivity index is 2.84. The average Bonchev–Trinajstić information content (AvgIpc) is 1.95. The van der Waals surface area contributed by atoms with Crippen LogP contribution in [-0.4, -0.2) is 18.1 Å². The molecule has 0 aromatic carbocycles. The number of rotatable bonds is 0. The van der Waals surface area contributed by atoms with Crippen LogP contribution in [0, 0.1) is 11.3 Å². The van der Waals surface area contributed by atoms with E-state index in [2.05, 4.69) is 0 Å². The number of hydrogen-bond acceptors (Lipinski definition) is 3. The highest BCUT2D eigenvalue weighted by atomic mass is 15.2. The summed E-state index contributed by atoms with van der Waals surface area (Å²) in [6, 6.07) is 2.03. The van der Waals surface area contributed by atoms with Crippen molar-refractivity contribution >= 4 is 0 Å². The smallest absolute Gasteiger partial charge is 0.113 e. The van der Waals surface area contributed by atoms with Crippen LogP contribution in [0.3, 0.4) is 0 Å². The van der Waals surface area contributed by atoms with Gasteiger partial charge in [0.25, 0.3) is 0 Å². The fraction of sp³-hybridized carbons (Fsp3) is 0.286. The zero-order valence-corrected chi connectivity index (χ0v) is 5.78. The molecule has 0 fully saturated rings. The van der Waals surface area contributed by atoms with Gasteiger partial charge in [0.1, 0.15) is 6.17 Å². The molecule has 10 heavy (non-hydrogen) atoms. The highest BCUT2D eigenvalue weighted by Gasteiger charge is 2.12. The molecule has 2 N–H and O–H groups in total. The van der Waals surface area contributed by atoms with E-state index in [-0.39, 0.29) is 6.17 Å². The molecule has 0 amide bonds. The predicted octanol–water partition coefficient (Wildman–Crippen LogP) is 0.180. The van der Waals surface area contributed by atoms with Crippen LogP contribution in [0.1, 0.15) is 0 Å². The molecule has 52 valence electrons. The second-order valence-corrected chi connectivity index (χ2v) is 2.19. The van der Waals surface area contributed by atoms with Gasteiger partial charge in [-0.3, -0.25) is 0 Å². The molecule has 3 nitrogen and oxygen atoms in total. The van der Waals surface area contributed by atoms with E-state index < -0.39 is 0 Å². The van der Waals surface area contributed by atoms with Crippen molar-refractivity contribution in [3.63, 3.8) is 0 Å². The van der Waals surface area contributed by atoms with Crippen molar-refractivity contribution in [2.45, 2.75) is 6.17 Å². The van der Waals surface area contributed by atoms with E-state index in [1.54, 1.807) is 11.0 Å². The lowest BCUT2D eigenvalue weighted by Gasteiger charge is -2.24. The first-order valence-corrected chi connectivity index (χ1v) is 3.01. The lowest BCUT2D eigenvalue weighted by molar-refractivity contribution is 0.379. The number of nitrogens with two attached hydrogens (primary N) is 1. The maximum atomic E-state index is 8.52. The van der Waals surface area contributed by atoms with Crippen LogP contribution < -0.4 is 5.73 Å². The molecule has 0 aliphatic carbocycles. The Hall–Kier alpha value is -1.27. The van der Waals surface area contributed by atoms with E-state index in [0.717, 1.165) is 0 Å². The van der Waals surface area contributed by atoms with E-state index in [9.17, 15) is 0 Å². The van der Waals surface area contributed by atoms with E-state index in [1.165, 1.54) is 0 Å². The SMILES string of the molecule is CN1C=CC=C(C#N)C1N. The first-order valence-electron chi connectivity index (χ1n) is 3.01. The average molecular weight is 135 g/mol. The van der Waals surface area contributed by atoms with E-state index in [4.69, 9.17) is 11.0 Å². The number of nitrogens with zero attached hydrogens (tertiary/aromatic N) is 2. The Morgan fingerprint density at radius 1 is 1.80 bits per heavy atom. The largest absolute Gasteiger partial charge is 0.361 e. The van der Waals surface area contributed by atoms with Gasteiger partial charge in [0.15, 0.2) is 0 Å². The lowest BCUT2D eigenvalue weighted by Crippen LogP contribution is -2.38. The molecule has 1 aliphatic rings. The molecule has 1 atom stereocenters. The summed E-state index contributed by atoms with van der Waals surface area (Å²) >= 11 is 0. The van der Waals surface area contributed by atoms with Crippen LogP contribution in [0.25, 0.3) is 0 Å². The van der Waals surface area contributed by atoms with Crippen LogP contribution in [0.5, 0.6) is 0 Å². The van der Waals surface area contributed by atoms with Gasteiger partial charge in [-0.15, -0.1) is 0 Å². The maximum Gasteiger partial charge on any atom is 0.113 e. The third kappa shape index (κ3) is 1.02. The Morgan fingerprint density at radius 3 is 3.00 bits per heavy atom. The summed E-state index contributed by atoms with van der Waals surface area (Å²) in [4.78, 5) is 1.79. The summed E-state index contributed by atoms with van der Waals surface area (Å²) in [7, 11) is 1.84. The minimum absolute atomic E-state index is 0.269. The summed E-state index contributed by atoms with van der Waals surface area (Å²) in [6.45, 7) is 0. The molecule has 0 radical (unpaired) electrons. The van der Waals surface area contributed by atoms with Crippen LogP contribution in [0.4, 0.5) is 0 Å². The fourth-order valence-corrected chi connectivity index (χ4v) is 0.797. The molecule has 3 heteroatoms. The van der Waals surface area contributed by atoms with E-state index in [0.29, 0.717) is 5.57 Å². The molecular formula is C7H9N3. The van der Waals surface area contributed by atoms with Crippen molar-refractivity contribution in [2.24, 2.45) is 5.73 Å². The van der Waals surface area contributed by atoms with Gasteiger partial charge in [-0.1, -0.05) is 0 Å². The van der Waals surface area contributed by atoms with Gasteiger partial charge in [-0.25, -0.2) is 0 Å². The second kappa shape index (κ2) is 2.54. The highest BCUT2D eigenvalue weighted by Crippen LogP contribution is 2.08. The Kier molecular flexibility index (Phi) is 1.74. The van der Waals surface area contributed by atoms with Crippen LogP contribution in [0.15, 0.2) is 23.9 Å². The minimum atomic E-state index is -0.269. The van der Waals surface area contributed by atoms with E-state index in [1.807, 2.05) is 25.4 Å². The number of hydrogen-bond donors (Lipinski definition) is 1. The molecule has 1 unspecified atom stereocenters. The van der Waals surface area contributed by atoms with Crippen molar-refractivity contribution < 1.29 is 0 Å². The summed E-state index contributed by atoms with van der Waals surface area (Å²) in [5.41, 5.74) is 6.22. The molecule has 0 saturated heterocycles. The summed E-state index contributed by atoms with van der Waals surface area (Å²) in [5.74, 6) is 0. The van der Waals surface area contributed by atoms with Crippen LogP contribution in [-0.2, 0) is 0 Å². The Bertz CT molecular complexity index is 221. The molecule has 0 aromatic rings. The van der Waals surface area contributed by atoms with Gasteiger partial charge < -0.3 is 10.6 Å². The molecule has 1 rings (SSSR count). The maximum absolute atomic E-state index is 8.52. The standard InChI is InChI=1S/C7H9N3/c1-10-4-2-3-6(5-8)7(10)9/h2-4,7H,9H2,1H3. The molecular weight excluding hydrogens is 126 g/mol. The number of allylic oxidation sites excluding steroid dienone is 2. The number of likely N-dealkylation sites (N-methyl/N-ethyl adjacent to an activating group) is 1. The van der Waals surface area contributed by atoms with Gasteiger partial charge in [-0.05, 0) is 12.2 Å². The van der Waals surface area contributed by atoms with Crippen molar-refractivity contribution in [3.8, 4) is 6.07 Å². The molecule has 1 heterocycles. The van der Waals surface area contributed by atoms with Crippen LogP contribution >= 0.6 is 0 Å². The first-order chi connectivity index (χ1) is 4.75. The second-order valence-electron chi connectivity index (χ2n) is 2.19. The topological polar surface area (TPSA) is 53.0 Å². The van der Waals surface area contributed by atoms with Gasteiger partial charge in [-0.2, -0.15) is 5.26 Å². The first kappa shape index (κ1) is 6.84. The summed E-state index contributed by atoms with van der Waals surface area (Å²) in [6.07, 6.45) is 5.10. The normalized spacial score (nSPS) is 23.9. The van der Waals surface area contributed by atoms with Gasteiger partial charge in [0.2, 0.25) is 0 Å². The highest BCUT2D eigenvalue weighted by molar-refractivity contribution is 5.32. The fourth-order valence-electron chi connectivity index (χ4n) is 0.797. The lowest BCUT2D eigenvalue weighted by atomic mass is 10.1. The zero-order chi connectivity index (χ0) is 7.56. The monoisotopic (exact) mass is 135 g/mol. The molecule has 0 spiro atoms. The molecule has 1 aliphatic heterocycles. The quantitative estimate of drug-likeness (QED) is 0.515. The van der Waals surface area contributed by atoms with Gasteiger partial charge >= 0.3 is 0 Å². The molecule has 0 aromatic heterocycles. The summed E-state index contributed by atoms with van der Waals surface area (Å²) in [5, 5.41) is 8.52. The summed E-state index contributed by atoms with van der Waals surface area (Å²) < 4.78 is 0. The Morgan fingerprint density at radius 2 is 2.50 bits per heavy atom. The van der Waals surface area contributed by atoms with Crippen molar-refractivity contribution in [1.82, 2.24) is 4.90 Å². The van der Waals surface area contributed by atoms with Gasteiger partial charge in [0, 0.05) is 13.2 Å². The predicted molar refractivity (Wildman–Crippen MR) is 38.6 cm³/mol. The molecule has 0 saturated carbocycles. The van der Waals surface area contributed by atoms with Crippen LogP contribution in [0.2, 0.25) is 0 Å². The molecule has 0 bridgehead atoms. The number of nitriles is 1. The van der Waals surface area contributed by atoms with E-state index >= 15 is 0 Å². The van der Waals surface area contributed by atoms with Crippen molar-refractivity contribution in [2.75, 3.05) is 7.05 Å². The Labute approximate surface area is 60.0 Å². The van der Waals surface area contributed by atoms with Crippen molar-refractivity contribution in [3.05, 3.63) is 23.9 Å². The zero-order valence-electron chi connectivity index (χ0n) is 5.78.